The second-order valence-electron chi connectivity index (χ2n) is 26.6. The number of unbranched alkanes of at least 4 members (excludes halogenated alkanes) is 4. The van der Waals surface area contributed by atoms with Crippen LogP contribution in [-0.4, -0.2) is 186 Å². The van der Waals surface area contributed by atoms with E-state index in [9.17, 15) is 43.5 Å². The van der Waals surface area contributed by atoms with Gasteiger partial charge in [0.05, 0.1) is 12.3 Å². The maximum Gasteiger partial charge on any atom is 0.305 e. The summed E-state index contributed by atoms with van der Waals surface area (Å²) in [6.07, 6.45) is 12.2. The monoisotopic (exact) mass is 1280 g/mol. The number of carbonyl (C=O) groups excluding carboxylic acids is 9. The van der Waals surface area contributed by atoms with Crippen LogP contribution >= 0.6 is 0 Å². The predicted molar refractivity (Wildman–Crippen MR) is 350 cm³/mol. The Morgan fingerprint density at radius 2 is 1.26 bits per heavy atom. The van der Waals surface area contributed by atoms with Crippen LogP contribution in [-0.2, 0) is 54.4 Å². The fourth-order valence-corrected chi connectivity index (χ4v) is 12.4. The van der Waals surface area contributed by atoms with Gasteiger partial charge in [0.1, 0.15) is 42.3 Å². The Labute approximate surface area is 540 Å². The lowest BCUT2D eigenvalue weighted by atomic mass is 9.95. The zero-order chi connectivity index (χ0) is 67.2. The molecule has 2 saturated heterocycles. The Hall–Kier alpha value is -6.89. The van der Waals surface area contributed by atoms with Crippen LogP contribution in [0.1, 0.15) is 189 Å². The Balaban J connectivity index is 1.59. The molecule has 0 spiro atoms. The smallest absolute Gasteiger partial charge is 0.305 e. The van der Waals surface area contributed by atoms with Gasteiger partial charge in [0.2, 0.25) is 53.2 Å². The molecule has 1 aliphatic carbocycles. The fourth-order valence-electron chi connectivity index (χ4n) is 12.4. The molecule has 1 saturated carbocycles. The molecule has 0 radical (unpaired) electrons. The third-order valence-corrected chi connectivity index (χ3v) is 17.3. The van der Waals surface area contributed by atoms with Crippen molar-refractivity contribution in [1.82, 2.24) is 51.9 Å². The topological polar surface area (TPSA) is 375 Å². The number of aliphatic imine (C=N–C) groups is 1. The van der Waals surface area contributed by atoms with Gasteiger partial charge in [-0.15, -0.1) is 0 Å². The molecular formula is C66H112N14O11. The van der Waals surface area contributed by atoms with Crippen molar-refractivity contribution in [3.63, 3.8) is 0 Å². The summed E-state index contributed by atoms with van der Waals surface area (Å²) in [6.45, 7) is 14.9. The third kappa shape index (κ3) is 27.1. The molecule has 4 rings (SSSR count). The molecule has 9 amide bonds. The van der Waals surface area contributed by atoms with E-state index in [1.54, 1.807) is 4.90 Å². The summed E-state index contributed by atoms with van der Waals surface area (Å²) >= 11 is 0. The Morgan fingerprint density at radius 3 is 1.89 bits per heavy atom. The number of nitrogens with two attached hydrogens (primary N) is 3. The second-order valence-corrected chi connectivity index (χ2v) is 26.6. The van der Waals surface area contributed by atoms with Gasteiger partial charge in [-0.1, -0.05) is 130 Å². The van der Waals surface area contributed by atoms with Crippen LogP contribution in [0.4, 0.5) is 0 Å². The summed E-state index contributed by atoms with van der Waals surface area (Å²) in [5, 5.41) is 30.6. The zero-order valence-electron chi connectivity index (χ0n) is 55.7. The van der Waals surface area contributed by atoms with Gasteiger partial charge in [0.25, 0.3) is 0 Å². The first kappa shape index (κ1) is 76.6. The van der Waals surface area contributed by atoms with E-state index in [4.69, 9.17) is 17.2 Å². The molecule has 0 unspecified atom stereocenters. The van der Waals surface area contributed by atoms with Gasteiger partial charge in [0, 0.05) is 71.2 Å². The predicted octanol–water partition coefficient (Wildman–Crippen LogP) is 3.10. The molecule has 9 atom stereocenters. The van der Waals surface area contributed by atoms with E-state index in [-0.39, 0.29) is 113 Å². The Kier molecular flexibility index (Phi) is 33.8. The molecule has 512 valence electrons. The van der Waals surface area contributed by atoms with Crippen LogP contribution < -0.4 is 54.4 Å². The van der Waals surface area contributed by atoms with E-state index in [2.05, 4.69) is 49.1 Å². The van der Waals surface area contributed by atoms with Crippen molar-refractivity contribution in [2.24, 2.45) is 45.9 Å². The number of benzene rings is 1. The molecule has 2 aliphatic heterocycles. The van der Waals surface area contributed by atoms with Crippen molar-refractivity contribution < 1.29 is 53.1 Å². The number of piperidine rings is 1. The molecule has 3 fully saturated rings. The van der Waals surface area contributed by atoms with Gasteiger partial charge in [-0.3, -0.25) is 52.9 Å². The molecule has 2 heterocycles. The summed E-state index contributed by atoms with van der Waals surface area (Å²) in [7, 11) is 1.41. The Morgan fingerprint density at radius 1 is 0.659 bits per heavy atom. The molecule has 3 aliphatic rings. The average molecular weight is 1280 g/mol. The van der Waals surface area contributed by atoms with Gasteiger partial charge >= 0.3 is 5.97 Å². The Bertz CT molecular complexity index is 2520. The number of nitrogens with one attached hydrogen (secondary N) is 7. The van der Waals surface area contributed by atoms with Crippen LogP contribution in [0.5, 0.6) is 0 Å². The number of hydrogen-bond donors (Lipinski definition) is 11. The molecule has 0 aromatic heterocycles. The number of rotatable bonds is 38. The average Bonchev–Trinajstić information content (AvgIpc) is 1.73. The lowest BCUT2D eigenvalue weighted by molar-refractivity contribution is -0.149. The number of carbonyl (C=O) groups is 10. The maximum atomic E-state index is 15.3. The first-order valence-electron chi connectivity index (χ1n) is 33.7. The molecular weight excluding hydrogens is 1160 g/mol. The molecule has 14 N–H and O–H groups in total. The van der Waals surface area contributed by atoms with Crippen molar-refractivity contribution >= 4 is 65.1 Å². The minimum absolute atomic E-state index is 0.0170. The summed E-state index contributed by atoms with van der Waals surface area (Å²) in [4.78, 5) is 151. The summed E-state index contributed by atoms with van der Waals surface area (Å²) in [5.41, 5.74) is 17.7. The standard InChI is InChI=1S/C66H112N14O11/c1-9-10-11-12-20-29-56(81)79-33-22-25-46(40-79)58(84)74-51(37-45-23-16-15-17-24-45)61(87)75-50(34-42(2)3)60(86)77-53(35-43(4)5)64(90)80-41-48(70-32-30-67)38-55(80)65(91)78(8)54(36-44(6)7)63(89)76-52(39-57(82)83)62(88)73-49(28-21-31-71-66(68)69)59(85)72-47-26-18-13-14-19-27-47/h15-17,23-24,42-44,46-55,70H,9-14,18-22,25-41,67H2,1-8H3,(H,72,85)(H,73,88)(H,74,84)(H,75,87)(H,76,89)(H,77,86)(H,82,83)(H4,68,69,71)/t46-,48+,49-,50+,51-,52-,53-,54-,55-/m0/s1. The number of amides is 9. The lowest BCUT2D eigenvalue weighted by Gasteiger charge is -2.35. The highest BCUT2D eigenvalue weighted by atomic mass is 16.4. The zero-order valence-corrected chi connectivity index (χ0v) is 55.7. The quantitative estimate of drug-likeness (QED) is 0.0196. The fraction of sp³-hybridized carbons (Fsp3) is 0.742. The van der Waals surface area contributed by atoms with Crippen molar-refractivity contribution in [1.29, 1.82) is 0 Å². The molecule has 1 aromatic carbocycles. The maximum absolute atomic E-state index is 15.3. The van der Waals surface area contributed by atoms with Gasteiger partial charge in [-0.05, 0) is 93.9 Å². The third-order valence-electron chi connectivity index (χ3n) is 17.3. The molecule has 25 nitrogen and oxygen atoms in total. The number of carboxylic acids is 1. The van der Waals surface area contributed by atoms with Crippen molar-refractivity contribution in [3.8, 4) is 0 Å². The molecule has 91 heavy (non-hydrogen) atoms. The number of likely N-dealkylation sites (tertiary alicyclic amines) is 2. The number of aliphatic carboxylic acids is 1. The van der Waals surface area contributed by atoms with Gasteiger partial charge < -0.3 is 74.2 Å². The van der Waals surface area contributed by atoms with Gasteiger partial charge in [0.15, 0.2) is 5.96 Å². The highest BCUT2D eigenvalue weighted by molar-refractivity contribution is 5.99. The first-order chi connectivity index (χ1) is 43.3. The number of guanidine groups is 1. The summed E-state index contributed by atoms with van der Waals surface area (Å²) in [5.74, 6) is -7.65. The summed E-state index contributed by atoms with van der Waals surface area (Å²) in [6, 6.07) is -0.108. The molecule has 0 bridgehead atoms. The number of hydrogen-bond acceptors (Lipinski definition) is 13. The van der Waals surface area contributed by atoms with E-state index in [1.807, 2.05) is 71.9 Å². The van der Waals surface area contributed by atoms with E-state index in [0.717, 1.165) is 76.2 Å². The van der Waals surface area contributed by atoms with E-state index in [1.165, 1.54) is 16.8 Å². The van der Waals surface area contributed by atoms with E-state index >= 15 is 9.59 Å². The minimum Gasteiger partial charge on any atom is -0.481 e. The van der Waals surface area contributed by atoms with Crippen LogP contribution in [0, 0.1) is 23.7 Å². The highest BCUT2D eigenvalue weighted by Crippen LogP contribution is 2.26. The molecule has 1 aromatic rings. The van der Waals surface area contributed by atoms with Crippen LogP contribution in [0.3, 0.4) is 0 Å². The number of carboxylic acid groups (broad SMARTS) is 1. The van der Waals surface area contributed by atoms with E-state index < -0.39 is 108 Å². The highest BCUT2D eigenvalue weighted by Gasteiger charge is 2.46. The summed E-state index contributed by atoms with van der Waals surface area (Å²) < 4.78 is 0. The molecule has 25 heteroatoms. The van der Waals surface area contributed by atoms with Crippen molar-refractivity contribution in [3.05, 3.63) is 35.9 Å². The van der Waals surface area contributed by atoms with E-state index in [0.29, 0.717) is 32.4 Å². The number of likely N-dealkylation sites (N-methyl/N-ethyl adjacent to an activating group) is 1. The van der Waals surface area contributed by atoms with Crippen LogP contribution in [0.25, 0.3) is 0 Å². The van der Waals surface area contributed by atoms with Crippen LogP contribution in [0.2, 0.25) is 0 Å². The first-order valence-corrected chi connectivity index (χ1v) is 33.7. The lowest BCUT2D eigenvalue weighted by Crippen LogP contribution is -2.60. The SMILES string of the molecule is CCCCCCCC(=O)N1CCC[C@H](C(=O)N[C@@H](Cc2ccccc2)C(=O)N[C@H](CC(C)C)C(=O)N[C@@H](CC(C)C)C(=O)N2C[C@H](NCCN)C[C@H]2C(=O)N(C)[C@@H](CC(C)C)C(=O)N[C@@H](CC(=O)O)C(=O)N[C@@H](CCCN=C(N)N)C(=O)NC2CCCCCC2)C1. The number of nitrogens with zero attached hydrogens (tertiary/aromatic N) is 4. The van der Waals surface area contributed by atoms with Crippen molar-refractivity contribution in [2.75, 3.05) is 46.3 Å². The van der Waals surface area contributed by atoms with Crippen molar-refractivity contribution in [2.45, 2.75) is 244 Å². The van der Waals surface area contributed by atoms with Gasteiger partial charge in [-0.25, -0.2) is 0 Å². The normalized spacial score (nSPS) is 19.0. The largest absolute Gasteiger partial charge is 0.481 e. The van der Waals surface area contributed by atoms with Gasteiger partial charge in [-0.2, -0.15) is 0 Å². The van der Waals surface area contributed by atoms with Crippen LogP contribution in [0.15, 0.2) is 35.3 Å². The second kappa shape index (κ2) is 40.2. The minimum atomic E-state index is -1.68.